The molecule has 2 rings (SSSR count). The van der Waals surface area contributed by atoms with Crippen molar-refractivity contribution in [2.45, 2.75) is 6.18 Å². The van der Waals surface area contributed by atoms with Crippen molar-refractivity contribution in [2.24, 2.45) is 0 Å². The lowest BCUT2D eigenvalue weighted by molar-refractivity contribution is -0.137. The minimum atomic E-state index is -4.64. The second-order valence-corrected chi connectivity index (χ2v) is 8.68. The molecule has 0 radical (unpaired) electrons. The van der Waals surface area contributed by atoms with E-state index in [0.29, 0.717) is 10.4 Å². The van der Waals surface area contributed by atoms with Crippen LogP contribution in [-0.4, -0.2) is 27.1 Å². The SMILES string of the molecule is CS(=O)(=O)N(CC(=O)Nc1cc(C(F)(F)F)ccc1Cl)c1cccc(Cl)c1Cl. The van der Waals surface area contributed by atoms with E-state index in [0.717, 1.165) is 18.4 Å². The molecule has 0 saturated heterocycles. The average molecular weight is 476 g/mol. The third-order valence-corrected chi connectivity index (χ3v) is 5.72. The van der Waals surface area contributed by atoms with E-state index in [1.807, 2.05) is 0 Å². The molecule has 5 nitrogen and oxygen atoms in total. The number of nitrogens with one attached hydrogen (secondary N) is 1. The fraction of sp³-hybridized carbons (Fsp3) is 0.188. The molecule has 28 heavy (non-hydrogen) atoms. The fourth-order valence-electron chi connectivity index (χ4n) is 2.18. The highest BCUT2D eigenvalue weighted by atomic mass is 35.5. The third-order valence-electron chi connectivity index (χ3n) is 3.46. The standard InChI is InChI=1S/C16H12Cl3F3N2O3S/c1-28(26,27)24(13-4-2-3-11(18)15(13)19)8-14(25)23-12-7-9(16(20,21)22)5-6-10(12)17/h2-7H,8H2,1H3,(H,23,25). The van der Waals surface area contributed by atoms with Crippen LogP contribution in [0, 0.1) is 0 Å². The highest BCUT2D eigenvalue weighted by Gasteiger charge is 2.31. The molecule has 0 aromatic heterocycles. The number of rotatable bonds is 5. The van der Waals surface area contributed by atoms with Crippen LogP contribution >= 0.6 is 34.8 Å². The van der Waals surface area contributed by atoms with Gasteiger partial charge in [-0.15, -0.1) is 0 Å². The predicted molar refractivity (Wildman–Crippen MR) is 104 cm³/mol. The first-order chi connectivity index (χ1) is 12.8. The summed E-state index contributed by atoms with van der Waals surface area (Å²) < 4.78 is 63.4. The molecule has 0 atom stereocenters. The second-order valence-electron chi connectivity index (χ2n) is 5.58. The largest absolute Gasteiger partial charge is 0.416 e. The van der Waals surface area contributed by atoms with Crippen LogP contribution < -0.4 is 9.62 Å². The van der Waals surface area contributed by atoms with Gasteiger partial charge in [-0.3, -0.25) is 9.10 Å². The van der Waals surface area contributed by atoms with Crippen LogP contribution in [0.5, 0.6) is 0 Å². The minimum Gasteiger partial charge on any atom is -0.323 e. The zero-order valence-corrected chi connectivity index (χ0v) is 17.1. The van der Waals surface area contributed by atoms with Crippen LogP contribution in [0.15, 0.2) is 36.4 Å². The first kappa shape index (κ1) is 22.6. The minimum absolute atomic E-state index is 0.0537. The van der Waals surface area contributed by atoms with E-state index in [2.05, 4.69) is 5.32 Å². The van der Waals surface area contributed by atoms with E-state index >= 15 is 0 Å². The number of hydrogen-bond donors (Lipinski definition) is 1. The van der Waals surface area contributed by atoms with Gasteiger partial charge in [0, 0.05) is 0 Å². The van der Waals surface area contributed by atoms with Gasteiger partial charge in [0.15, 0.2) is 0 Å². The Bertz CT molecular complexity index is 1010. The number of carbonyl (C=O) groups excluding carboxylic acids is 1. The molecule has 12 heteroatoms. The van der Waals surface area contributed by atoms with Crippen LogP contribution in [0.2, 0.25) is 15.1 Å². The topological polar surface area (TPSA) is 66.5 Å². The van der Waals surface area contributed by atoms with E-state index < -0.39 is 34.2 Å². The molecule has 2 aromatic carbocycles. The first-order valence-electron chi connectivity index (χ1n) is 7.39. The molecule has 0 unspecified atom stereocenters. The molecule has 1 amide bonds. The van der Waals surface area contributed by atoms with Gasteiger partial charge in [-0.1, -0.05) is 40.9 Å². The van der Waals surface area contributed by atoms with Gasteiger partial charge in [0.2, 0.25) is 15.9 Å². The van der Waals surface area contributed by atoms with E-state index in [1.165, 1.54) is 18.2 Å². The molecule has 0 saturated carbocycles. The van der Waals surface area contributed by atoms with Crippen molar-refractivity contribution < 1.29 is 26.4 Å². The Morgan fingerprint density at radius 2 is 1.75 bits per heavy atom. The molecule has 0 aliphatic rings. The molecule has 0 aliphatic heterocycles. The Hall–Kier alpha value is -1.68. The van der Waals surface area contributed by atoms with E-state index in [4.69, 9.17) is 34.8 Å². The number of benzene rings is 2. The Labute approximate surface area is 174 Å². The molecule has 0 bridgehead atoms. The van der Waals surface area contributed by atoms with Crippen molar-refractivity contribution >= 4 is 62.1 Å². The van der Waals surface area contributed by atoms with E-state index in [9.17, 15) is 26.4 Å². The summed E-state index contributed by atoms with van der Waals surface area (Å²) >= 11 is 17.7. The summed E-state index contributed by atoms with van der Waals surface area (Å²) in [6.45, 7) is -0.758. The van der Waals surface area contributed by atoms with Crippen molar-refractivity contribution in [3.8, 4) is 0 Å². The Kier molecular flexibility index (Phi) is 6.75. The molecular weight excluding hydrogens is 464 g/mol. The summed E-state index contributed by atoms with van der Waals surface area (Å²) in [5, 5.41) is 2.00. The fourth-order valence-corrected chi connectivity index (χ4v) is 3.66. The number of hydrogen-bond acceptors (Lipinski definition) is 3. The summed E-state index contributed by atoms with van der Waals surface area (Å²) in [5.41, 5.74) is -1.39. The van der Waals surface area contributed by atoms with Crippen molar-refractivity contribution in [3.63, 3.8) is 0 Å². The van der Waals surface area contributed by atoms with Crippen LogP contribution in [0.1, 0.15) is 5.56 Å². The summed E-state index contributed by atoms with van der Waals surface area (Å²) in [7, 11) is -3.97. The summed E-state index contributed by atoms with van der Waals surface area (Å²) in [5.74, 6) is -0.928. The van der Waals surface area contributed by atoms with Crippen LogP contribution in [-0.2, 0) is 21.0 Å². The average Bonchev–Trinajstić information content (AvgIpc) is 2.55. The zero-order chi connectivity index (χ0) is 21.3. The summed E-state index contributed by atoms with van der Waals surface area (Å²) in [4.78, 5) is 12.3. The highest BCUT2D eigenvalue weighted by molar-refractivity contribution is 7.92. The zero-order valence-electron chi connectivity index (χ0n) is 14.0. The van der Waals surface area contributed by atoms with E-state index in [1.54, 1.807) is 0 Å². The van der Waals surface area contributed by atoms with Crippen molar-refractivity contribution in [1.29, 1.82) is 0 Å². The number of alkyl halides is 3. The lowest BCUT2D eigenvalue weighted by atomic mass is 10.2. The molecule has 0 spiro atoms. The monoisotopic (exact) mass is 474 g/mol. The summed E-state index contributed by atoms with van der Waals surface area (Å²) in [6.07, 6.45) is -3.80. The third kappa shape index (κ3) is 5.44. The first-order valence-corrected chi connectivity index (χ1v) is 10.4. The predicted octanol–water partition coefficient (Wildman–Crippen LogP) is 5.07. The van der Waals surface area contributed by atoms with Gasteiger partial charge in [0.25, 0.3) is 0 Å². The van der Waals surface area contributed by atoms with E-state index in [-0.39, 0.29) is 26.4 Å². The molecule has 2 aromatic rings. The lowest BCUT2D eigenvalue weighted by Crippen LogP contribution is -2.37. The summed E-state index contributed by atoms with van der Waals surface area (Å²) in [6, 6.07) is 6.57. The molecule has 152 valence electrons. The number of anilines is 2. The maximum Gasteiger partial charge on any atom is 0.416 e. The number of carbonyl (C=O) groups is 1. The van der Waals surface area contributed by atoms with Gasteiger partial charge in [0.05, 0.1) is 38.3 Å². The Morgan fingerprint density at radius 3 is 2.32 bits per heavy atom. The molecular formula is C16H12Cl3F3N2O3S. The van der Waals surface area contributed by atoms with Crippen LogP contribution in [0.3, 0.4) is 0 Å². The van der Waals surface area contributed by atoms with Gasteiger partial charge in [0.1, 0.15) is 6.54 Å². The number of halogens is 6. The van der Waals surface area contributed by atoms with Crippen molar-refractivity contribution in [1.82, 2.24) is 0 Å². The van der Waals surface area contributed by atoms with Crippen molar-refractivity contribution in [2.75, 3.05) is 22.4 Å². The number of amides is 1. The van der Waals surface area contributed by atoms with Crippen molar-refractivity contribution in [3.05, 3.63) is 57.0 Å². The van der Waals surface area contributed by atoms with Gasteiger partial charge in [-0.25, -0.2) is 8.42 Å². The normalized spacial score (nSPS) is 12.0. The maximum absolute atomic E-state index is 12.8. The maximum atomic E-state index is 12.8. The molecule has 0 heterocycles. The lowest BCUT2D eigenvalue weighted by Gasteiger charge is -2.23. The van der Waals surface area contributed by atoms with Gasteiger partial charge in [-0.05, 0) is 30.3 Å². The quantitative estimate of drug-likeness (QED) is 0.656. The number of sulfonamides is 1. The molecule has 0 fully saturated rings. The smallest absolute Gasteiger partial charge is 0.323 e. The Balaban J connectivity index is 2.32. The molecule has 1 N–H and O–H groups in total. The second kappa shape index (κ2) is 8.36. The van der Waals surface area contributed by atoms with Crippen LogP contribution in [0.25, 0.3) is 0 Å². The highest BCUT2D eigenvalue weighted by Crippen LogP contribution is 2.35. The van der Waals surface area contributed by atoms with Gasteiger partial charge >= 0.3 is 6.18 Å². The molecule has 0 aliphatic carbocycles. The van der Waals surface area contributed by atoms with Crippen LogP contribution in [0.4, 0.5) is 24.5 Å². The number of nitrogens with zero attached hydrogens (tertiary/aromatic N) is 1. The van der Waals surface area contributed by atoms with Gasteiger partial charge in [-0.2, -0.15) is 13.2 Å². The Morgan fingerprint density at radius 1 is 1.11 bits per heavy atom. The van der Waals surface area contributed by atoms with Gasteiger partial charge < -0.3 is 5.32 Å².